The lowest BCUT2D eigenvalue weighted by atomic mass is 10.1. The number of methoxy groups -OCH3 is 1. The predicted octanol–water partition coefficient (Wildman–Crippen LogP) is 4.69. The number of anilines is 1. The van der Waals surface area contributed by atoms with Crippen LogP contribution in [0.25, 0.3) is 0 Å². The minimum absolute atomic E-state index is 0.477. The maximum absolute atomic E-state index is 12.0. The zero-order valence-corrected chi connectivity index (χ0v) is 13.7. The van der Waals surface area contributed by atoms with Gasteiger partial charge in [-0.15, -0.1) is 0 Å². The van der Waals surface area contributed by atoms with E-state index in [0.717, 1.165) is 15.6 Å². The lowest BCUT2D eigenvalue weighted by molar-refractivity contribution is 0.214. The van der Waals surface area contributed by atoms with Gasteiger partial charge in [0.2, 0.25) is 0 Å². The monoisotopic (exact) mass is 349 g/mol. The molecule has 5 heteroatoms. The van der Waals surface area contributed by atoms with E-state index in [-0.39, 0.29) is 0 Å². The molecule has 2 aromatic carbocycles. The third kappa shape index (κ3) is 3.76. The summed E-state index contributed by atoms with van der Waals surface area (Å²) in [6.07, 6.45) is -0.566. The molecule has 0 unspecified atom stereocenters. The lowest BCUT2D eigenvalue weighted by Crippen LogP contribution is -2.17. The SMILES string of the molecule is COc1ccccc1NC(=O)Oc1cc(C)c(C)cc1Br. The van der Waals surface area contributed by atoms with Gasteiger partial charge in [-0.2, -0.15) is 0 Å². The molecule has 0 heterocycles. The molecule has 1 N–H and O–H groups in total. The van der Waals surface area contributed by atoms with Crippen molar-refractivity contribution in [3.8, 4) is 11.5 Å². The van der Waals surface area contributed by atoms with Crippen molar-refractivity contribution in [3.63, 3.8) is 0 Å². The van der Waals surface area contributed by atoms with E-state index < -0.39 is 6.09 Å². The molecule has 1 amide bonds. The van der Waals surface area contributed by atoms with Crippen LogP contribution < -0.4 is 14.8 Å². The minimum atomic E-state index is -0.566. The van der Waals surface area contributed by atoms with E-state index in [4.69, 9.17) is 9.47 Å². The molecule has 0 aliphatic rings. The van der Waals surface area contributed by atoms with Crippen molar-refractivity contribution in [2.24, 2.45) is 0 Å². The Morgan fingerprint density at radius 3 is 2.48 bits per heavy atom. The third-order valence-electron chi connectivity index (χ3n) is 3.09. The zero-order chi connectivity index (χ0) is 15.4. The maximum atomic E-state index is 12.0. The molecule has 21 heavy (non-hydrogen) atoms. The van der Waals surface area contributed by atoms with Crippen LogP contribution in [-0.4, -0.2) is 13.2 Å². The van der Waals surface area contributed by atoms with Gasteiger partial charge >= 0.3 is 6.09 Å². The Morgan fingerprint density at radius 2 is 1.76 bits per heavy atom. The topological polar surface area (TPSA) is 47.6 Å². The second kappa shape index (κ2) is 6.63. The van der Waals surface area contributed by atoms with Gasteiger partial charge in [-0.3, -0.25) is 5.32 Å². The van der Waals surface area contributed by atoms with Crippen molar-refractivity contribution >= 4 is 27.7 Å². The number of hydrogen-bond donors (Lipinski definition) is 1. The Hall–Kier alpha value is -2.01. The number of amides is 1. The minimum Gasteiger partial charge on any atom is -0.495 e. The summed E-state index contributed by atoms with van der Waals surface area (Å²) in [6.45, 7) is 3.96. The Labute approximate surface area is 132 Å². The number of carbonyl (C=O) groups is 1. The molecule has 0 saturated heterocycles. The first kappa shape index (κ1) is 15.4. The van der Waals surface area contributed by atoms with E-state index in [2.05, 4.69) is 21.2 Å². The van der Waals surface area contributed by atoms with Crippen molar-refractivity contribution in [3.05, 3.63) is 52.0 Å². The molecule has 0 aliphatic heterocycles. The van der Waals surface area contributed by atoms with E-state index in [9.17, 15) is 4.79 Å². The van der Waals surface area contributed by atoms with Crippen LogP contribution in [0.5, 0.6) is 11.5 Å². The fourth-order valence-electron chi connectivity index (χ4n) is 1.82. The summed E-state index contributed by atoms with van der Waals surface area (Å²) >= 11 is 3.39. The number of aryl methyl sites for hydroxylation is 2. The molecule has 0 radical (unpaired) electrons. The number of ether oxygens (including phenoxy) is 2. The number of nitrogens with one attached hydrogen (secondary N) is 1. The highest BCUT2D eigenvalue weighted by Gasteiger charge is 2.12. The van der Waals surface area contributed by atoms with Gasteiger partial charge in [-0.1, -0.05) is 12.1 Å². The van der Waals surface area contributed by atoms with Gasteiger partial charge in [0.15, 0.2) is 0 Å². The van der Waals surface area contributed by atoms with E-state index in [1.54, 1.807) is 19.2 Å². The zero-order valence-electron chi connectivity index (χ0n) is 12.1. The fraction of sp³-hybridized carbons (Fsp3) is 0.188. The van der Waals surface area contributed by atoms with Gasteiger partial charge in [-0.05, 0) is 65.2 Å². The van der Waals surface area contributed by atoms with Crippen LogP contribution in [0.15, 0.2) is 40.9 Å². The molecule has 0 spiro atoms. The number of carbonyl (C=O) groups excluding carboxylic acids is 1. The molecule has 0 saturated carbocycles. The quantitative estimate of drug-likeness (QED) is 0.874. The lowest BCUT2D eigenvalue weighted by Gasteiger charge is -2.12. The number of halogens is 1. The van der Waals surface area contributed by atoms with Crippen molar-refractivity contribution in [1.29, 1.82) is 0 Å². The van der Waals surface area contributed by atoms with Crippen LogP contribution in [0.1, 0.15) is 11.1 Å². The average Bonchev–Trinajstić information content (AvgIpc) is 2.45. The van der Waals surface area contributed by atoms with Crippen LogP contribution in [0.4, 0.5) is 10.5 Å². The number of para-hydroxylation sites is 2. The normalized spacial score (nSPS) is 10.1. The summed E-state index contributed by atoms with van der Waals surface area (Å²) < 4.78 is 11.2. The first-order valence-corrected chi connectivity index (χ1v) is 7.19. The second-order valence-corrected chi connectivity index (χ2v) is 5.44. The van der Waals surface area contributed by atoms with Crippen molar-refractivity contribution in [2.45, 2.75) is 13.8 Å². The molecular formula is C16H16BrNO3. The van der Waals surface area contributed by atoms with E-state index in [0.29, 0.717) is 17.2 Å². The summed E-state index contributed by atoms with van der Waals surface area (Å²) in [5, 5.41) is 2.66. The molecule has 110 valence electrons. The summed E-state index contributed by atoms with van der Waals surface area (Å²) in [7, 11) is 1.55. The highest BCUT2D eigenvalue weighted by atomic mass is 79.9. The molecule has 2 aromatic rings. The van der Waals surface area contributed by atoms with Crippen LogP contribution in [0.2, 0.25) is 0 Å². The van der Waals surface area contributed by atoms with Crippen LogP contribution >= 0.6 is 15.9 Å². The van der Waals surface area contributed by atoms with Gasteiger partial charge < -0.3 is 9.47 Å². The van der Waals surface area contributed by atoms with Gasteiger partial charge in [-0.25, -0.2) is 4.79 Å². The maximum Gasteiger partial charge on any atom is 0.417 e. The van der Waals surface area contributed by atoms with Crippen molar-refractivity contribution < 1.29 is 14.3 Å². The standard InChI is InChI=1S/C16H16BrNO3/c1-10-8-12(17)15(9-11(10)2)21-16(19)18-13-6-4-5-7-14(13)20-3/h4-9H,1-3H3,(H,18,19). The summed E-state index contributed by atoms with van der Waals surface area (Å²) in [6, 6.07) is 10.9. The Balaban J connectivity index is 2.14. The highest BCUT2D eigenvalue weighted by molar-refractivity contribution is 9.10. The molecule has 0 fully saturated rings. The summed E-state index contributed by atoms with van der Waals surface area (Å²) in [5.41, 5.74) is 2.74. The van der Waals surface area contributed by atoms with E-state index >= 15 is 0 Å². The summed E-state index contributed by atoms with van der Waals surface area (Å²) in [5.74, 6) is 1.05. The first-order valence-electron chi connectivity index (χ1n) is 6.40. The third-order valence-corrected chi connectivity index (χ3v) is 3.71. The van der Waals surface area contributed by atoms with Crippen LogP contribution in [0, 0.1) is 13.8 Å². The van der Waals surface area contributed by atoms with Gasteiger partial charge in [0, 0.05) is 0 Å². The van der Waals surface area contributed by atoms with Crippen molar-refractivity contribution in [2.75, 3.05) is 12.4 Å². The van der Waals surface area contributed by atoms with E-state index in [1.165, 1.54) is 0 Å². The Morgan fingerprint density at radius 1 is 1.10 bits per heavy atom. The molecule has 0 aliphatic carbocycles. The van der Waals surface area contributed by atoms with Gasteiger partial charge in [0.1, 0.15) is 11.5 Å². The van der Waals surface area contributed by atoms with Crippen LogP contribution in [0.3, 0.4) is 0 Å². The Bertz CT molecular complexity index is 671. The largest absolute Gasteiger partial charge is 0.495 e. The highest BCUT2D eigenvalue weighted by Crippen LogP contribution is 2.29. The van der Waals surface area contributed by atoms with Gasteiger partial charge in [0.25, 0.3) is 0 Å². The molecule has 0 bridgehead atoms. The second-order valence-electron chi connectivity index (χ2n) is 4.58. The molecule has 0 aromatic heterocycles. The number of benzene rings is 2. The molecule has 2 rings (SSSR count). The van der Waals surface area contributed by atoms with E-state index in [1.807, 2.05) is 38.1 Å². The fourth-order valence-corrected chi connectivity index (χ4v) is 2.35. The average molecular weight is 350 g/mol. The molecular weight excluding hydrogens is 334 g/mol. The predicted molar refractivity (Wildman–Crippen MR) is 86.3 cm³/mol. The van der Waals surface area contributed by atoms with Gasteiger partial charge in [0.05, 0.1) is 17.3 Å². The smallest absolute Gasteiger partial charge is 0.417 e. The summed E-state index contributed by atoms with van der Waals surface area (Å²) in [4.78, 5) is 12.0. The molecule has 4 nitrogen and oxygen atoms in total. The molecule has 0 atom stereocenters. The number of rotatable bonds is 3. The van der Waals surface area contributed by atoms with Crippen molar-refractivity contribution in [1.82, 2.24) is 0 Å². The Kier molecular flexibility index (Phi) is 4.85. The van der Waals surface area contributed by atoms with Crippen LogP contribution in [-0.2, 0) is 0 Å². The first-order chi connectivity index (χ1) is 10.0. The number of hydrogen-bond acceptors (Lipinski definition) is 3.